The molecule has 0 radical (unpaired) electrons. The molecule has 1 aromatic rings. The molecule has 2 aliphatic rings. The highest BCUT2D eigenvalue weighted by atomic mass is 16.1. The minimum Gasteiger partial charge on any atom is -0.300 e. The third kappa shape index (κ3) is 6.98. The molecule has 3 rings (SSSR count). The summed E-state index contributed by atoms with van der Waals surface area (Å²) in [6.45, 7) is 0. The van der Waals surface area contributed by atoms with Gasteiger partial charge in [0.1, 0.15) is 5.78 Å². The number of benzene rings is 1. The minimum absolute atomic E-state index is 0.312. The third-order valence-corrected chi connectivity index (χ3v) is 5.08. The molecule has 24 heavy (non-hydrogen) atoms. The number of rotatable bonds is 0. The van der Waals surface area contributed by atoms with Crippen molar-refractivity contribution in [3.63, 3.8) is 0 Å². The van der Waals surface area contributed by atoms with Gasteiger partial charge in [-0.05, 0) is 31.2 Å². The summed E-state index contributed by atoms with van der Waals surface area (Å²) in [6.07, 6.45) is 16.2. The molecule has 2 aliphatic carbocycles. The van der Waals surface area contributed by atoms with Crippen molar-refractivity contribution in [1.29, 1.82) is 0 Å². The van der Waals surface area contributed by atoms with Crippen LogP contribution >= 0.6 is 0 Å². The Labute approximate surface area is 147 Å². The normalized spacial score (nSPS) is 20.0. The van der Waals surface area contributed by atoms with Gasteiger partial charge in [0.2, 0.25) is 0 Å². The molecule has 1 fully saturated rings. The third-order valence-electron chi connectivity index (χ3n) is 5.08. The Morgan fingerprint density at radius 2 is 1.08 bits per heavy atom. The van der Waals surface area contributed by atoms with Crippen molar-refractivity contribution in [3.8, 4) is 0 Å². The average Bonchev–Trinajstić information content (AvgIpc) is 2.59. The van der Waals surface area contributed by atoms with E-state index in [1.165, 1.54) is 50.5 Å². The van der Waals surface area contributed by atoms with Gasteiger partial charge in [-0.2, -0.15) is 0 Å². The van der Waals surface area contributed by atoms with E-state index < -0.39 is 0 Å². The van der Waals surface area contributed by atoms with Crippen molar-refractivity contribution in [1.82, 2.24) is 0 Å². The van der Waals surface area contributed by atoms with E-state index in [0.717, 1.165) is 50.5 Å². The topological polar surface area (TPSA) is 34.1 Å². The van der Waals surface area contributed by atoms with Crippen molar-refractivity contribution in [2.45, 2.75) is 89.9 Å². The lowest BCUT2D eigenvalue weighted by molar-refractivity contribution is -0.119. The van der Waals surface area contributed by atoms with Gasteiger partial charge >= 0.3 is 0 Å². The number of fused-ring (bicyclic) bond motifs is 1. The van der Waals surface area contributed by atoms with Crippen molar-refractivity contribution in [2.24, 2.45) is 0 Å². The van der Waals surface area contributed by atoms with Gasteiger partial charge in [0.05, 0.1) is 0 Å². The smallest absolute Gasteiger partial charge is 0.163 e. The first-order chi connectivity index (χ1) is 11.8. The second-order valence-electron chi connectivity index (χ2n) is 7.15. The van der Waals surface area contributed by atoms with E-state index in [4.69, 9.17) is 0 Å². The molecule has 0 N–H and O–H groups in total. The minimum atomic E-state index is 0.312. The zero-order valence-corrected chi connectivity index (χ0v) is 15.0. The van der Waals surface area contributed by atoms with Crippen LogP contribution in [-0.4, -0.2) is 11.6 Å². The Hall–Kier alpha value is -1.44. The second-order valence-corrected chi connectivity index (χ2v) is 7.15. The zero-order chi connectivity index (χ0) is 17.0. The number of carbonyl (C=O) groups is 2. The molecule has 0 spiro atoms. The van der Waals surface area contributed by atoms with Gasteiger partial charge in [-0.25, -0.2) is 0 Å². The molecule has 0 aromatic heterocycles. The lowest BCUT2D eigenvalue weighted by Crippen LogP contribution is -2.09. The standard InChI is InChI=1S/C12H22O.C10H10O/c13-12-10-8-6-4-2-1-3-5-7-9-11-12;11-10-7-3-5-8-4-1-2-6-9(8)10/h1-11H2;1-2,4,6H,3,5,7H2. The van der Waals surface area contributed by atoms with Gasteiger partial charge in [-0.3, -0.25) is 9.59 Å². The van der Waals surface area contributed by atoms with Gasteiger partial charge < -0.3 is 0 Å². The van der Waals surface area contributed by atoms with Crippen LogP contribution in [0.5, 0.6) is 0 Å². The Balaban J connectivity index is 0.000000175. The quantitative estimate of drug-likeness (QED) is 0.579. The van der Waals surface area contributed by atoms with E-state index in [-0.39, 0.29) is 0 Å². The molecule has 132 valence electrons. The number of hydrogen-bond donors (Lipinski definition) is 0. The van der Waals surface area contributed by atoms with Crippen molar-refractivity contribution in [2.75, 3.05) is 0 Å². The highest BCUT2D eigenvalue weighted by Crippen LogP contribution is 2.20. The highest BCUT2D eigenvalue weighted by molar-refractivity contribution is 5.98. The molecule has 0 atom stereocenters. The summed E-state index contributed by atoms with van der Waals surface area (Å²) in [5.41, 5.74) is 2.17. The number of Topliss-reactive ketones (excluding diaryl/α,β-unsaturated/α-hetero) is 2. The van der Waals surface area contributed by atoms with E-state index in [2.05, 4.69) is 0 Å². The predicted octanol–water partition coefficient (Wildman–Crippen LogP) is 6.07. The fourth-order valence-electron chi connectivity index (χ4n) is 3.59. The molecule has 0 aliphatic heterocycles. The highest BCUT2D eigenvalue weighted by Gasteiger charge is 2.15. The number of hydrogen-bond acceptors (Lipinski definition) is 2. The fraction of sp³-hybridized carbons (Fsp3) is 0.636. The summed E-state index contributed by atoms with van der Waals surface area (Å²) < 4.78 is 0. The van der Waals surface area contributed by atoms with Gasteiger partial charge in [0.25, 0.3) is 0 Å². The first kappa shape index (κ1) is 18.9. The Bertz CT molecular complexity index is 504. The van der Waals surface area contributed by atoms with Crippen LogP contribution in [0.2, 0.25) is 0 Å². The zero-order valence-electron chi connectivity index (χ0n) is 15.0. The van der Waals surface area contributed by atoms with Crippen LogP contribution in [0.4, 0.5) is 0 Å². The predicted molar refractivity (Wildman–Crippen MR) is 99.5 cm³/mol. The summed E-state index contributed by atoms with van der Waals surface area (Å²) >= 11 is 0. The van der Waals surface area contributed by atoms with Crippen LogP contribution < -0.4 is 0 Å². The first-order valence-electron chi connectivity index (χ1n) is 9.90. The van der Waals surface area contributed by atoms with Crippen molar-refractivity contribution < 1.29 is 9.59 Å². The molecule has 0 amide bonds. The Morgan fingerprint density at radius 1 is 0.542 bits per heavy atom. The van der Waals surface area contributed by atoms with Crippen LogP contribution in [0.25, 0.3) is 0 Å². The van der Waals surface area contributed by atoms with E-state index in [1.54, 1.807) is 0 Å². The maximum Gasteiger partial charge on any atom is 0.163 e. The summed E-state index contributed by atoms with van der Waals surface area (Å²) in [5, 5.41) is 0. The van der Waals surface area contributed by atoms with Crippen molar-refractivity contribution in [3.05, 3.63) is 35.4 Å². The van der Waals surface area contributed by atoms with Crippen LogP contribution in [0.15, 0.2) is 24.3 Å². The largest absolute Gasteiger partial charge is 0.300 e. The summed E-state index contributed by atoms with van der Waals surface area (Å²) in [5.74, 6) is 0.812. The first-order valence-corrected chi connectivity index (χ1v) is 9.90. The summed E-state index contributed by atoms with van der Waals surface area (Å²) in [4.78, 5) is 22.6. The Morgan fingerprint density at radius 3 is 1.67 bits per heavy atom. The summed E-state index contributed by atoms with van der Waals surface area (Å²) in [7, 11) is 0. The Kier molecular flexibility index (Phi) is 8.80. The van der Waals surface area contributed by atoms with Gasteiger partial charge in [0.15, 0.2) is 5.78 Å². The van der Waals surface area contributed by atoms with Gasteiger partial charge in [-0.15, -0.1) is 0 Å². The maximum absolute atomic E-state index is 11.3. The van der Waals surface area contributed by atoms with Crippen LogP contribution in [0.1, 0.15) is 99.4 Å². The van der Waals surface area contributed by atoms with E-state index in [9.17, 15) is 9.59 Å². The van der Waals surface area contributed by atoms with Gasteiger partial charge in [-0.1, -0.05) is 69.2 Å². The number of aryl methyl sites for hydroxylation is 1. The van der Waals surface area contributed by atoms with Crippen LogP contribution in [-0.2, 0) is 11.2 Å². The van der Waals surface area contributed by atoms with E-state index >= 15 is 0 Å². The van der Waals surface area contributed by atoms with E-state index in [1.807, 2.05) is 24.3 Å². The van der Waals surface area contributed by atoms with Crippen molar-refractivity contribution >= 4 is 11.6 Å². The molecule has 1 saturated carbocycles. The second kappa shape index (κ2) is 11.2. The fourth-order valence-corrected chi connectivity index (χ4v) is 3.59. The molecular weight excluding hydrogens is 296 g/mol. The van der Waals surface area contributed by atoms with E-state index in [0.29, 0.717) is 11.6 Å². The molecular formula is C22H32O2. The molecule has 0 unspecified atom stereocenters. The molecule has 2 heteroatoms. The van der Waals surface area contributed by atoms with Gasteiger partial charge in [0, 0.05) is 24.8 Å². The lowest BCUT2D eigenvalue weighted by atomic mass is 9.91. The molecule has 0 saturated heterocycles. The lowest BCUT2D eigenvalue weighted by Gasteiger charge is -2.12. The molecule has 0 bridgehead atoms. The molecule has 2 nitrogen and oxygen atoms in total. The average molecular weight is 328 g/mol. The SMILES string of the molecule is O=C1CCCCCCCCCCC1.O=C1CCCc2ccccc21. The summed E-state index contributed by atoms with van der Waals surface area (Å²) in [6, 6.07) is 7.91. The maximum atomic E-state index is 11.3. The van der Waals surface area contributed by atoms with Crippen LogP contribution in [0.3, 0.4) is 0 Å². The van der Waals surface area contributed by atoms with Crippen LogP contribution in [0, 0.1) is 0 Å². The number of carbonyl (C=O) groups excluding carboxylic acids is 2. The monoisotopic (exact) mass is 328 g/mol. The number of ketones is 2. The molecule has 1 aromatic carbocycles. The molecule has 0 heterocycles.